The molecule has 0 amide bonds. The number of nitrogens with zero attached hydrogens (tertiary/aromatic N) is 3. The Balaban J connectivity index is 3.12. The predicted molar refractivity (Wildman–Crippen MR) is 70.5 cm³/mol. The maximum atomic E-state index is 8.59. The SMILES string of the molecule is CCc1cc(Br)cc(C)c1NN=C(C#N)C#N. The van der Waals surface area contributed by atoms with Crippen molar-refractivity contribution < 1.29 is 0 Å². The highest BCUT2D eigenvalue weighted by molar-refractivity contribution is 9.10. The van der Waals surface area contributed by atoms with Gasteiger partial charge in [0.05, 0.1) is 5.69 Å². The van der Waals surface area contributed by atoms with E-state index in [4.69, 9.17) is 10.5 Å². The molecular formula is C12H11BrN4. The van der Waals surface area contributed by atoms with Crippen LogP contribution in [0, 0.1) is 29.6 Å². The quantitative estimate of drug-likeness (QED) is 0.687. The van der Waals surface area contributed by atoms with Crippen LogP contribution in [-0.2, 0) is 6.42 Å². The number of nitriles is 2. The lowest BCUT2D eigenvalue weighted by Gasteiger charge is -2.11. The van der Waals surface area contributed by atoms with Gasteiger partial charge >= 0.3 is 0 Å². The second-order valence-corrected chi connectivity index (χ2v) is 4.32. The number of halogens is 1. The molecule has 86 valence electrons. The van der Waals surface area contributed by atoms with E-state index in [1.807, 2.05) is 26.0 Å². The Morgan fingerprint density at radius 1 is 1.41 bits per heavy atom. The molecule has 17 heavy (non-hydrogen) atoms. The van der Waals surface area contributed by atoms with Crippen LogP contribution in [0.2, 0.25) is 0 Å². The second kappa shape index (κ2) is 6.03. The first-order valence-corrected chi connectivity index (χ1v) is 5.84. The van der Waals surface area contributed by atoms with Gasteiger partial charge in [0.25, 0.3) is 0 Å². The first kappa shape index (κ1) is 13.2. The number of hydrogen-bond acceptors (Lipinski definition) is 4. The highest BCUT2D eigenvalue weighted by Gasteiger charge is 2.06. The minimum Gasteiger partial charge on any atom is -0.276 e. The van der Waals surface area contributed by atoms with Crippen molar-refractivity contribution in [3.63, 3.8) is 0 Å². The van der Waals surface area contributed by atoms with Crippen LogP contribution in [0.4, 0.5) is 5.69 Å². The summed E-state index contributed by atoms with van der Waals surface area (Å²) in [5.41, 5.74) is 5.53. The normalized spacial score (nSPS) is 9.00. The van der Waals surface area contributed by atoms with Gasteiger partial charge in [0.2, 0.25) is 5.71 Å². The van der Waals surface area contributed by atoms with Crippen LogP contribution in [0.15, 0.2) is 21.7 Å². The van der Waals surface area contributed by atoms with Crippen molar-refractivity contribution in [2.24, 2.45) is 5.10 Å². The maximum absolute atomic E-state index is 8.59. The van der Waals surface area contributed by atoms with Crippen molar-refractivity contribution in [2.45, 2.75) is 20.3 Å². The Bertz CT molecular complexity index is 519. The minimum atomic E-state index is -0.186. The Labute approximate surface area is 109 Å². The van der Waals surface area contributed by atoms with Gasteiger partial charge in [-0.2, -0.15) is 15.6 Å². The van der Waals surface area contributed by atoms with Crippen molar-refractivity contribution >= 4 is 27.3 Å². The van der Waals surface area contributed by atoms with Crippen molar-refractivity contribution in [2.75, 3.05) is 5.43 Å². The molecule has 0 heterocycles. The van der Waals surface area contributed by atoms with E-state index in [0.717, 1.165) is 27.7 Å². The molecule has 0 spiro atoms. The highest BCUT2D eigenvalue weighted by Crippen LogP contribution is 2.26. The topological polar surface area (TPSA) is 72.0 Å². The molecule has 0 atom stereocenters. The van der Waals surface area contributed by atoms with Gasteiger partial charge in [-0.05, 0) is 36.6 Å². The van der Waals surface area contributed by atoms with Crippen LogP contribution in [-0.4, -0.2) is 5.71 Å². The fourth-order valence-corrected chi connectivity index (χ4v) is 2.06. The van der Waals surface area contributed by atoms with E-state index < -0.39 is 0 Å². The second-order valence-electron chi connectivity index (χ2n) is 3.41. The van der Waals surface area contributed by atoms with Crippen molar-refractivity contribution in [3.05, 3.63) is 27.7 Å². The third-order valence-electron chi connectivity index (χ3n) is 2.25. The lowest BCUT2D eigenvalue weighted by atomic mass is 10.1. The van der Waals surface area contributed by atoms with Crippen LogP contribution in [0.5, 0.6) is 0 Å². The summed E-state index contributed by atoms with van der Waals surface area (Å²) in [5, 5.41) is 20.9. The standard InChI is InChI=1S/C12H11BrN4/c1-3-9-5-10(13)4-8(2)12(9)17-16-11(6-14)7-15/h4-5,17H,3H2,1-2H3. The van der Waals surface area contributed by atoms with Gasteiger partial charge in [-0.15, -0.1) is 0 Å². The molecule has 0 aliphatic rings. The highest BCUT2D eigenvalue weighted by atomic mass is 79.9. The average Bonchev–Trinajstić information content (AvgIpc) is 2.31. The third-order valence-corrected chi connectivity index (χ3v) is 2.71. The molecule has 0 unspecified atom stereocenters. The summed E-state index contributed by atoms with van der Waals surface area (Å²) in [6, 6.07) is 7.36. The number of anilines is 1. The molecular weight excluding hydrogens is 280 g/mol. The van der Waals surface area contributed by atoms with Gasteiger partial charge in [0.1, 0.15) is 12.1 Å². The van der Waals surface area contributed by atoms with Gasteiger partial charge in [-0.3, -0.25) is 5.43 Å². The predicted octanol–water partition coefficient (Wildman–Crippen LogP) is 3.13. The minimum absolute atomic E-state index is 0.186. The molecule has 5 heteroatoms. The Hall–Kier alpha value is -1.85. The van der Waals surface area contributed by atoms with Gasteiger partial charge in [-0.25, -0.2) is 0 Å². The summed E-state index contributed by atoms with van der Waals surface area (Å²) >= 11 is 3.43. The van der Waals surface area contributed by atoms with E-state index >= 15 is 0 Å². The summed E-state index contributed by atoms with van der Waals surface area (Å²) < 4.78 is 1.00. The molecule has 1 N–H and O–H groups in total. The van der Waals surface area contributed by atoms with Crippen LogP contribution < -0.4 is 5.43 Å². The van der Waals surface area contributed by atoms with Crippen molar-refractivity contribution in [1.82, 2.24) is 0 Å². The molecule has 0 bridgehead atoms. The molecule has 0 aromatic heterocycles. The number of hydrogen-bond donors (Lipinski definition) is 1. The maximum Gasteiger partial charge on any atom is 0.237 e. The molecule has 1 aromatic carbocycles. The summed E-state index contributed by atoms with van der Waals surface area (Å²) in [6.45, 7) is 3.98. The number of rotatable bonds is 3. The van der Waals surface area contributed by atoms with Gasteiger partial charge in [0.15, 0.2) is 0 Å². The number of nitrogens with one attached hydrogen (secondary N) is 1. The zero-order valence-corrected chi connectivity index (χ0v) is 11.2. The molecule has 4 nitrogen and oxygen atoms in total. The lowest BCUT2D eigenvalue weighted by Crippen LogP contribution is -2.01. The zero-order valence-electron chi connectivity index (χ0n) is 9.58. The summed E-state index contributed by atoms with van der Waals surface area (Å²) in [4.78, 5) is 0. The largest absolute Gasteiger partial charge is 0.276 e. The summed E-state index contributed by atoms with van der Waals surface area (Å²) in [7, 11) is 0. The number of aryl methyl sites for hydroxylation is 2. The molecule has 1 aromatic rings. The first-order chi connectivity index (χ1) is 8.12. The number of benzene rings is 1. The van der Waals surface area contributed by atoms with Crippen molar-refractivity contribution in [1.29, 1.82) is 10.5 Å². The van der Waals surface area contributed by atoms with Crippen LogP contribution in [0.3, 0.4) is 0 Å². The monoisotopic (exact) mass is 290 g/mol. The Morgan fingerprint density at radius 3 is 2.59 bits per heavy atom. The van der Waals surface area contributed by atoms with Crippen LogP contribution in [0.25, 0.3) is 0 Å². The van der Waals surface area contributed by atoms with E-state index in [1.165, 1.54) is 0 Å². The van der Waals surface area contributed by atoms with E-state index in [1.54, 1.807) is 12.1 Å². The van der Waals surface area contributed by atoms with E-state index in [9.17, 15) is 0 Å². The molecule has 0 aliphatic carbocycles. The van der Waals surface area contributed by atoms with Crippen LogP contribution in [0.1, 0.15) is 18.1 Å². The first-order valence-electron chi connectivity index (χ1n) is 5.05. The summed E-state index contributed by atoms with van der Waals surface area (Å²) in [6.07, 6.45) is 0.840. The van der Waals surface area contributed by atoms with E-state index in [0.29, 0.717) is 0 Å². The molecule has 0 saturated heterocycles. The van der Waals surface area contributed by atoms with E-state index in [-0.39, 0.29) is 5.71 Å². The van der Waals surface area contributed by atoms with Gasteiger partial charge < -0.3 is 0 Å². The average molecular weight is 291 g/mol. The molecule has 0 radical (unpaired) electrons. The van der Waals surface area contributed by atoms with E-state index in [2.05, 4.69) is 26.5 Å². The zero-order chi connectivity index (χ0) is 12.8. The fraction of sp³-hybridized carbons (Fsp3) is 0.250. The molecule has 0 aliphatic heterocycles. The molecule has 0 fully saturated rings. The smallest absolute Gasteiger partial charge is 0.237 e. The Kier molecular flexibility index (Phi) is 4.68. The van der Waals surface area contributed by atoms with Gasteiger partial charge in [-0.1, -0.05) is 22.9 Å². The third kappa shape index (κ3) is 3.30. The number of hydrazone groups is 1. The molecule has 0 saturated carbocycles. The van der Waals surface area contributed by atoms with Crippen LogP contribution >= 0.6 is 15.9 Å². The molecule has 1 rings (SSSR count). The van der Waals surface area contributed by atoms with Crippen molar-refractivity contribution in [3.8, 4) is 12.1 Å². The lowest BCUT2D eigenvalue weighted by molar-refractivity contribution is 1.11. The Morgan fingerprint density at radius 2 is 2.06 bits per heavy atom. The fourth-order valence-electron chi connectivity index (χ4n) is 1.44. The van der Waals surface area contributed by atoms with Gasteiger partial charge in [0, 0.05) is 4.47 Å². The summed E-state index contributed by atoms with van der Waals surface area (Å²) in [5.74, 6) is 0.